The third-order valence-electron chi connectivity index (χ3n) is 2.22. The molecular weight excluding hydrogens is 238 g/mol. The summed E-state index contributed by atoms with van der Waals surface area (Å²) in [5.74, 6) is -1.17. The van der Waals surface area contributed by atoms with Crippen molar-refractivity contribution in [2.24, 2.45) is 0 Å². The molecule has 0 radical (unpaired) electrons. The van der Waals surface area contributed by atoms with Gasteiger partial charge in [-0.05, 0) is 19.4 Å². The minimum Gasteiger partial charge on any atom is -0.480 e. The molecule has 1 aromatic rings. The summed E-state index contributed by atoms with van der Waals surface area (Å²) in [7, 11) is 0. The molecule has 0 aliphatic heterocycles. The average molecular weight is 251 g/mol. The molecule has 0 spiro atoms. The SMILES string of the molecule is C=CCC(Nc1nc(C)ccc1[N+](=O)[O-])C(=O)O. The van der Waals surface area contributed by atoms with Crippen molar-refractivity contribution in [2.45, 2.75) is 19.4 Å². The molecule has 7 nitrogen and oxygen atoms in total. The van der Waals surface area contributed by atoms with E-state index in [-0.39, 0.29) is 17.9 Å². The zero-order valence-electron chi connectivity index (χ0n) is 9.79. The molecule has 2 N–H and O–H groups in total. The summed E-state index contributed by atoms with van der Waals surface area (Å²) >= 11 is 0. The van der Waals surface area contributed by atoms with Gasteiger partial charge in [0, 0.05) is 11.8 Å². The van der Waals surface area contributed by atoms with E-state index < -0.39 is 16.9 Å². The first-order valence-corrected chi connectivity index (χ1v) is 5.18. The highest BCUT2D eigenvalue weighted by atomic mass is 16.6. The maximum absolute atomic E-state index is 11.0. The van der Waals surface area contributed by atoms with Gasteiger partial charge in [0.15, 0.2) is 0 Å². The number of hydrogen-bond donors (Lipinski definition) is 2. The van der Waals surface area contributed by atoms with Gasteiger partial charge >= 0.3 is 11.7 Å². The number of hydrogen-bond acceptors (Lipinski definition) is 5. The second-order valence-electron chi connectivity index (χ2n) is 3.64. The van der Waals surface area contributed by atoms with Crippen molar-refractivity contribution in [1.82, 2.24) is 4.98 Å². The Kier molecular flexibility index (Phi) is 4.36. The van der Waals surface area contributed by atoms with Crippen LogP contribution in [0.1, 0.15) is 12.1 Å². The first-order chi connectivity index (χ1) is 8.45. The molecule has 1 heterocycles. The Balaban J connectivity index is 3.07. The second-order valence-corrected chi connectivity index (χ2v) is 3.64. The number of nitro groups is 1. The fraction of sp³-hybridized carbons (Fsp3) is 0.273. The van der Waals surface area contributed by atoms with Crippen LogP contribution in [0.15, 0.2) is 24.8 Å². The number of carbonyl (C=O) groups is 1. The summed E-state index contributed by atoms with van der Waals surface area (Å²) in [5, 5.41) is 22.3. The summed E-state index contributed by atoms with van der Waals surface area (Å²) in [4.78, 5) is 25.1. The summed E-state index contributed by atoms with van der Waals surface area (Å²) in [6.45, 7) is 5.11. The fourth-order valence-corrected chi connectivity index (χ4v) is 1.36. The Labute approximate surface area is 103 Å². The first-order valence-electron chi connectivity index (χ1n) is 5.18. The number of aromatic nitrogens is 1. The van der Waals surface area contributed by atoms with Crippen LogP contribution in [0, 0.1) is 17.0 Å². The number of nitrogens with zero attached hydrogens (tertiary/aromatic N) is 2. The van der Waals surface area contributed by atoms with Crippen LogP contribution in [0.4, 0.5) is 11.5 Å². The lowest BCUT2D eigenvalue weighted by molar-refractivity contribution is -0.384. The van der Waals surface area contributed by atoms with Crippen molar-refractivity contribution >= 4 is 17.5 Å². The largest absolute Gasteiger partial charge is 0.480 e. The van der Waals surface area contributed by atoms with E-state index in [1.807, 2.05) is 0 Å². The lowest BCUT2D eigenvalue weighted by Crippen LogP contribution is -2.29. The van der Waals surface area contributed by atoms with E-state index in [9.17, 15) is 14.9 Å². The average Bonchev–Trinajstić information content (AvgIpc) is 2.28. The quantitative estimate of drug-likeness (QED) is 0.453. The van der Waals surface area contributed by atoms with Crippen molar-refractivity contribution in [3.05, 3.63) is 40.6 Å². The molecule has 0 saturated carbocycles. The molecule has 1 unspecified atom stereocenters. The molecule has 0 fully saturated rings. The molecule has 0 aliphatic carbocycles. The van der Waals surface area contributed by atoms with Crippen LogP contribution in [-0.4, -0.2) is 27.0 Å². The van der Waals surface area contributed by atoms with Gasteiger partial charge in [-0.2, -0.15) is 0 Å². The van der Waals surface area contributed by atoms with Crippen LogP contribution >= 0.6 is 0 Å². The predicted octanol–water partition coefficient (Wildman–Crippen LogP) is 1.74. The summed E-state index contributed by atoms with van der Waals surface area (Å²) in [6, 6.07) is 1.79. The Hall–Kier alpha value is -2.44. The highest BCUT2D eigenvalue weighted by Gasteiger charge is 2.22. The maximum atomic E-state index is 11.0. The third kappa shape index (κ3) is 3.27. The lowest BCUT2D eigenvalue weighted by atomic mass is 10.2. The molecule has 1 aromatic heterocycles. The van der Waals surface area contributed by atoms with Crippen molar-refractivity contribution < 1.29 is 14.8 Å². The topological polar surface area (TPSA) is 105 Å². The molecule has 0 amide bonds. The molecule has 0 bridgehead atoms. The van der Waals surface area contributed by atoms with Gasteiger partial charge in [0.05, 0.1) is 4.92 Å². The van der Waals surface area contributed by atoms with Crippen molar-refractivity contribution in [3.8, 4) is 0 Å². The van der Waals surface area contributed by atoms with E-state index in [1.165, 1.54) is 18.2 Å². The first kappa shape index (κ1) is 13.6. The predicted molar refractivity (Wildman–Crippen MR) is 65.5 cm³/mol. The zero-order chi connectivity index (χ0) is 13.7. The van der Waals surface area contributed by atoms with E-state index in [4.69, 9.17) is 5.11 Å². The molecule has 1 atom stereocenters. The molecule has 1 rings (SSSR count). The Morgan fingerprint density at radius 2 is 2.39 bits per heavy atom. The summed E-state index contributed by atoms with van der Waals surface area (Å²) < 4.78 is 0. The molecule has 0 aromatic carbocycles. The second kappa shape index (κ2) is 5.76. The van der Waals surface area contributed by atoms with Gasteiger partial charge in [-0.1, -0.05) is 6.08 Å². The number of pyridine rings is 1. The van der Waals surface area contributed by atoms with Crippen LogP contribution in [0.3, 0.4) is 0 Å². The standard InChI is InChI=1S/C11H13N3O4/c1-3-4-8(11(15)16)13-10-9(14(17)18)6-5-7(2)12-10/h3,5-6,8H,1,4H2,2H3,(H,12,13)(H,15,16). The van der Waals surface area contributed by atoms with Crippen LogP contribution < -0.4 is 5.32 Å². The van der Waals surface area contributed by atoms with E-state index >= 15 is 0 Å². The third-order valence-corrected chi connectivity index (χ3v) is 2.22. The number of carboxylic acids is 1. The molecule has 18 heavy (non-hydrogen) atoms. The van der Waals surface area contributed by atoms with Crippen LogP contribution in [-0.2, 0) is 4.79 Å². The maximum Gasteiger partial charge on any atom is 0.326 e. The van der Waals surface area contributed by atoms with Gasteiger partial charge in [0.1, 0.15) is 6.04 Å². The Bertz CT molecular complexity index is 487. The van der Waals surface area contributed by atoms with Crippen molar-refractivity contribution in [1.29, 1.82) is 0 Å². The lowest BCUT2D eigenvalue weighted by Gasteiger charge is -2.13. The van der Waals surface area contributed by atoms with Gasteiger partial charge in [-0.3, -0.25) is 10.1 Å². The molecule has 7 heteroatoms. The number of carboxylic acid groups (broad SMARTS) is 1. The summed E-state index contributed by atoms with van der Waals surface area (Å²) in [6.07, 6.45) is 1.57. The van der Waals surface area contributed by atoms with Gasteiger partial charge in [0.2, 0.25) is 5.82 Å². The Morgan fingerprint density at radius 3 is 2.89 bits per heavy atom. The van der Waals surface area contributed by atoms with Gasteiger partial charge in [-0.15, -0.1) is 6.58 Å². The van der Waals surface area contributed by atoms with Crippen molar-refractivity contribution in [3.63, 3.8) is 0 Å². The number of rotatable bonds is 6. The summed E-state index contributed by atoms with van der Waals surface area (Å²) in [5.41, 5.74) is 0.307. The van der Waals surface area contributed by atoms with Crippen LogP contribution in [0.5, 0.6) is 0 Å². The fourth-order valence-electron chi connectivity index (χ4n) is 1.36. The minimum absolute atomic E-state index is 0.0470. The zero-order valence-corrected chi connectivity index (χ0v) is 9.79. The van der Waals surface area contributed by atoms with E-state index in [0.29, 0.717) is 5.69 Å². The normalized spacial score (nSPS) is 11.6. The van der Waals surface area contributed by atoms with Gasteiger partial charge in [-0.25, -0.2) is 9.78 Å². The van der Waals surface area contributed by atoms with E-state index in [1.54, 1.807) is 6.92 Å². The molecule has 96 valence electrons. The minimum atomic E-state index is -1.12. The van der Waals surface area contributed by atoms with Crippen LogP contribution in [0.25, 0.3) is 0 Å². The number of aryl methyl sites for hydroxylation is 1. The van der Waals surface area contributed by atoms with Crippen LogP contribution in [0.2, 0.25) is 0 Å². The van der Waals surface area contributed by atoms with E-state index in [0.717, 1.165) is 0 Å². The van der Waals surface area contributed by atoms with Crippen molar-refractivity contribution in [2.75, 3.05) is 5.32 Å². The monoisotopic (exact) mass is 251 g/mol. The smallest absolute Gasteiger partial charge is 0.326 e. The van der Waals surface area contributed by atoms with Gasteiger partial charge in [0.25, 0.3) is 0 Å². The van der Waals surface area contributed by atoms with Gasteiger partial charge < -0.3 is 10.4 Å². The highest BCUT2D eigenvalue weighted by molar-refractivity contribution is 5.78. The number of aliphatic carboxylic acids is 1. The molecular formula is C11H13N3O4. The molecule has 0 aliphatic rings. The Morgan fingerprint density at radius 1 is 1.72 bits per heavy atom. The van der Waals surface area contributed by atoms with E-state index in [2.05, 4.69) is 16.9 Å². The molecule has 0 saturated heterocycles. The number of nitrogens with one attached hydrogen (secondary N) is 1. The highest BCUT2D eigenvalue weighted by Crippen LogP contribution is 2.23. The number of anilines is 1.